The molecule has 0 aliphatic carbocycles. The van der Waals surface area contributed by atoms with Gasteiger partial charge >= 0.3 is 0 Å². The van der Waals surface area contributed by atoms with Crippen molar-refractivity contribution < 1.29 is 42.0 Å². The molecule has 0 radical (unpaired) electrons. The molecule has 284 valence electrons. The smallest absolute Gasteiger partial charge is 0.274 e. The summed E-state index contributed by atoms with van der Waals surface area (Å²) in [5.41, 5.74) is 6.46. The van der Waals surface area contributed by atoms with E-state index in [0.717, 1.165) is 0 Å². The van der Waals surface area contributed by atoms with E-state index in [1.807, 2.05) is 6.92 Å². The molecule has 0 spiro atoms. The number of nitrogens with two attached hydrogens (primary N) is 1. The number of benzene rings is 1. The van der Waals surface area contributed by atoms with Gasteiger partial charge in [-0.05, 0) is 11.8 Å². The maximum Gasteiger partial charge on any atom is 0.274 e. The Morgan fingerprint density at radius 1 is 0.870 bits per heavy atom. The number of aromatic nitrogens is 4. The SMILES string of the molecule is CC[C@H](C)[C@@H](NC(=O)c1nc(-c2coc(C(=O)CBr)n2)oc1-c1ccccc1)C(=O)N[C@H](C(=O)N[C@@H](CO)c1nc(-c2nc(C(N)=S)co2)co1)C(C)C. The number of nitrogens with one attached hydrogen (secondary N) is 3. The zero-order valence-electron chi connectivity index (χ0n) is 29.5. The molecule has 0 saturated heterocycles. The minimum absolute atomic E-state index is 0.0128. The molecule has 19 heteroatoms. The molecule has 3 amide bonds. The summed E-state index contributed by atoms with van der Waals surface area (Å²) in [5.74, 6) is -3.39. The fourth-order valence-corrected chi connectivity index (χ4v) is 5.45. The van der Waals surface area contributed by atoms with Crippen molar-refractivity contribution in [2.24, 2.45) is 17.6 Å². The fourth-order valence-electron chi connectivity index (χ4n) is 5.11. The number of hydrogen-bond acceptors (Lipinski definition) is 14. The third-order valence-electron chi connectivity index (χ3n) is 8.29. The summed E-state index contributed by atoms with van der Waals surface area (Å²) >= 11 is 7.98. The van der Waals surface area contributed by atoms with Crippen molar-refractivity contribution in [3.63, 3.8) is 0 Å². The number of amides is 3. The number of hydrogen-bond donors (Lipinski definition) is 5. The Morgan fingerprint density at radius 2 is 1.56 bits per heavy atom. The fraction of sp³-hybridized carbons (Fsp3) is 0.343. The van der Waals surface area contributed by atoms with E-state index in [0.29, 0.717) is 12.0 Å². The highest BCUT2D eigenvalue weighted by atomic mass is 79.9. The van der Waals surface area contributed by atoms with Crippen molar-refractivity contribution in [2.75, 3.05) is 11.9 Å². The van der Waals surface area contributed by atoms with Crippen LogP contribution in [0.3, 0.4) is 0 Å². The van der Waals surface area contributed by atoms with E-state index >= 15 is 0 Å². The lowest BCUT2D eigenvalue weighted by atomic mass is 9.96. The topological polar surface area (TPSA) is 255 Å². The Kier molecular flexibility index (Phi) is 12.9. The third kappa shape index (κ3) is 8.97. The third-order valence-corrected chi connectivity index (χ3v) is 9.00. The summed E-state index contributed by atoms with van der Waals surface area (Å²) in [6.07, 6.45) is 4.17. The van der Waals surface area contributed by atoms with Crippen LogP contribution < -0.4 is 21.7 Å². The Bertz CT molecular complexity index is 2130. The number of nitrogens with zero attached hydrogens (tertiary/aromatic N) is 4. The predicted molar refractivity (Wildman–Crippen MR) is 199 cm³/mol. The Hall–Kier alpha value is -5.53. The van der Waals surface area contributed by atoms with E-state index in [4.69, 9.17) is 35.6 Å². The number of halogens is 1. The van der Waals surface area contributed by atoms with E-state index in [1.54, 1.807) is 51.1 Å². The van der Waals surface area contributed by atoms with Gasteiger partial charge in [0.15, 0.2) is 22.8 Å². The molecular formula is C35H37BrN8O9S. The van der Waals surface area contributed by atoms with E-state index < -0.39 is 60.1 Å². The summed E-state index contributed by atoms with van der Waals surface area (Å²) in [4.78, 5) is 70.5. The van der Waals surface area contributed by atoms with Gasteiger partial charge in [0, 0.05) is 5.56 Å². The van der Waals surface area contributed by atoms with E-state index in [-0.39, 0.29) is 62.4 Å². The van der Waals surface area contributed by atoms with Crippen LogP contribution >= 0.6 is 28.1 Å². The van der Waals surface area contributed by atoms with Crippen molar-refractivity contribution in [3.05, 3.63) is 72.3 Å². The van der Waals surface area contributed by atoms with Gasteiger partial charge in [-0.25, -0.2) is 19.9 Å². The molecule has 0 saturated carbocycles. The van der Waals surface area contributed by atoms with Crippen molar-refractivity contribution in [1.82, 2.24) is 35.9 Å². The van der Waals surface area contributed by atoms with Crippen LogP contribution in [-0.4, -0.2) is 77.6 Å². The first kappa shape index (κ1) is 39.7. The zero-order chi connectivity index (χ0) is 39.1. The minimum atomic E-state index is -1.12. The molecule has 54 heavy (non-hydrogen) atoms. The molecular weight excluding hydrogens is 788 g/mol. The molecule has 5 rings (SSSR count). The highest BCUT2D eigenvalue weighted by Crippen LogP contribution is 2.30. The molecule has 0 aliphatic rings. The average molecular weight is 826 g/mol. The van der Waals surface area contributed by atoms with E-state index in [2.05, 4.69) is 51.8 Å². The van der Waals surface area contributed by atoms with Gasteiger partial charge in [-0.2, -0.15) is 0 Å². The number of ketones is 1. The molecule has 6 N–H and O–H groups in total. The lowest BCUT2D eigenvalue weighted by molar-refractivity contribution is -0.132. The number of Topliss-reactive ketones (excluding diaryl/α,β-unsaturated/α-hetero) is 1. The Labute approximate surface area is 322 Å². The van der Waals surface area contributed by atoms with Crippen LogP contribution in [0.2, 0.25) is 0 Å². The maximum atomic E-state index is 13.9. The summed E-state index contributed by atoms with van der Waals surface area (Å²) in [5, 5.41) is 18.3. The van der Waals surface area contributed by atoms with Gasteiger partial charge in [0.05, 0.1) is 11.9 Å². The lowest BCUT2D eigenvalue weighted by Gasteiger charge is -2.28. The second kappa shape index (κ2) is 17.5. The number of thiocarbonyl (C=S) groups is 1. The Morgan fingerprint density at radius 3 is 2.19 bits per heavy atom. The second-order valence-electron chi connectivity index (χ2n) is 12.4. The molecule has 4 aromatic heterocycles. The number of alkyl halides is 1. The van der Waals surface area contributed by atoms with Gasteiger partial charge in [0.2, 0.25) is 35.3 Å². The highest BCUT2D eigenvalue weighted by molar-refractivity contribution is 9.09. The summed E-state index contributed by atoms with van der Waals surface area (Å²) in [6.45, 7) is 6.49. The first-order valence-electron chi connectivity index (χ1n) is 16.7. The molecule has 0 bridgehead atoms. The lowest BCUT2D eigenvalue weighted by Crippen LogP contribution is -2.57. The van der Waals surface area contributed by atoms with Gasteiger partial charge in [0.1, 0.15) is 47.6 Å². The van der Waals surface area contributed by atoms with Crippen LogP contribution in [0.4, 0.5) is 0 Å². The van der Waals surface area contributed by atoms with Gasteiger partial charge in [-0.15, -0.1) is 0 Å². The molecule has 17 nitrogen and oxygen atoms in total. The van der Waals surface area contributed by atoms with Gasteiger partial charge in [-0.1, -0.05) is 92.6 Å². The van der Waals surface area contributed by atoms with Crippen molar-refractivity contribution in [1.29, 1.82) is 0 Å². The largest absolute Gasteiger partial charge is 0.446 e. The van der Waals surface area contributed by atoms with Crippen LogP contribution in [-0.2, 0) is 9.59 Å². The molecule has 0 fully saturated rings. The van der Waals surface area contributed by atoms with Crippen LogP contribution in [0, 0.1) is 11.8 Å². The number of aliphatic hydroxyl groups excluding tert-OH is 1. The second-order valence-corrected chi connectivity index (χ2v) is 13.4. The predicted octanol–water partition coefficient (Wildman–Crippen LogP) is 3.99. The minimum Gasteiger partial charge on any atom is -0.446 e. The first-order chi connectivity index (χ1) is 25.8. The van der Waals surface area contributed by atoms with Gasteiger partial charge in [0.25, 0.3) is 11.8 Å². The van der Waals surface area contributed by atoms with E-state index in [1.165, 1.54) is 18.8 Å². The maximum absolute atomic E-state index is 13.9. The van der Waals surface area contributed by atoms with Crippen LogP contribution in [0.25, 0.3) is 34.5 Å². The Balaban J connectivity index is 1.35. The number of oxazole rings is 4. The molecule has 4 atom stereocenters. The van der Waals surface area contributed by atoms with Gasteiger partial charge < -0.3 is 44.5 Å². The average Bonchev–Trinajstić information content (AvgIpc) is 4.00. The van der Waals surface area contributed by atoms with Crippen molar-refractivity contribution >= 4 is 56.6 Å². The van der Waals surface area contributed by atoms with Crippen molar-refractivity contribution in [2.45, 2.75) is 52.2 Å². The number of carbonyl (C=O) groups excluding carboxylic acids is 4. The normalized spacial score (nSPS) is 13.5. The van der Waals surface area contributed by atoms with Gasteiger partial charge in [-0.3, -0.25) is 19.2 Å². The number of carbonyl (C=O) groups is 4. The molecule has 0 unspecified atom stereocenters. The molecule has 0 aliphatic heterocycles. The van der Waals surface area contributed by atoms with Crippen LogP contribution in [0.5, 0.6) is 0 Å². The quantitative estimate of drug-likeness (QED) is 0.0505. The summed E-state index contributed by atoms with van der Waals surface area (Å²) < 4.78 is 22.1. The summed E-state index contributed by atoms with van der Waals surface area (Å²) in [6, 6.07) is 5.40. The van der Waals surface area contributed by atoms with E-state index in [9.17, 15) is 24.3 Å². The standard InChI is InChI=1S/C35H37BrN8O9S/c1-5-17(4)25(43-31(49)26-27(18-9-7-6-8-10-18)53-34(44-26)22-15-52-35(41-22)23(46)11-36)30(48)42-24(16(2)3)29(47)38-19(12-45)32-40-21(14-51-32)33-39-20(13-50-33)28(37)54/h6-10,13-17,19,24-25,45H,5,11-12H2,1-4H3,(H2,37,54)(H,38,47)(H,42,48)(H,43,49)/t17-,19-,24-,25+/m0/s1. The monoisotopic (exact) mass is 824 g/mol. The zero-order valence-corrected chi connectivity index (χ0v) is 31.9. The number of aliphatic hydroxyl groups is 1. The molecule has 4 heterocycles. The number of rotatable bonds is 17. The summed E-state index contributed by atoms with van der Waals surface area (Å²) in [7, 11) is 0. The molecule has 1 aromatic carbocycles. The van der Waals surface area contributed by atoms with Crippen LogP contribution in [0.15, 0.2) is 66.8 Å². The van der Waals surface area contributed by atoms with Crippen LogP contribution in [0.1, 0.15) is 72.9 Å². The highest BCUT2D eigenvalue weighted by Gasteiger charge is 2.35. The first-order valence-corrected chi connectivity index (χ1v) is 18.2. The molecule has 5 aromatic rings. The van der Waals surface area contributed by atoms with Crippen molar-refractivity contribution in [3.8, 4) is 34.5 Å².